The second kappa shape index (κ2) is 7.47. The quantitative estimate of drug-likeness (QED) is 0.835. The lowest BCUT2D eigenvalue weighted by Crippen LogP contribution is -2.25. The normalized spacial score (nSPS) is 13.0. The average molecular weight is 354 g/mol. The Labute approximate surface area is 152 Å². The van der Waals surface area contributed by atoms with Crippen LogP contribution in [0.1, 0.15) is 39.1 Å². The molecule has 1 fully saturated rings. The Morgan fingerprint density at radius 1 is 0.962 bits per heavy atom. The molecule has 0 spiro atoms. The van der Waals surface area contributed by atoms with Crippen molar-refractivity contribution in [3.63, 3.8) is 0 Å². The van der Waals surface area contributed by atoms with Crippen LogP contribution in [0, 0.1) is 6.92 Å². The lowest BCUT2D eigenvalue weighted by molar-refractivity contribution is 0.0949. The van der Waals surface area contributed by atoms with E-state index in [-0.39, 0.29) is 17.9 Å². The molecule has 0 aliphatic heterocycles. The van der Waals surface area contributed by atoms with E-state index in [4.69, 9.17) is 9.47 Å². The Hall–Kier alpha value is -3.02. The molecule has 1 aliphatic rings. The van der Waals surface area contributed by atoms with Crippen molar-refractivity contribution in [3.05, 3.63) is 53.1 Å². The molecule has 0 radical (unpaired) electrons. The molecular formula is C20H22N2O4. The number of benzene rings is 2. The van der Waals surface area contributed by atoms with Crippen LogP contribution in [0.5, 0.6) is 11.5 Å². The highest BCUT2D eigenvalue weighted by atomic mass is 16.5. The molecule has 136 valence electrons. The highest BCUT2D eigenvalue weighted by Gasteiger charge is 2.24. The number of rotatable bonds is 6. The number of nitrogens with one attached hydrogen (secondary N) is 2. The van der Waals surface area contributed by atoms with Crippen LogP contribution >= 0.6 is 0 Å². The van der Waals surface area contributed by atoms with Crippen LogP contribution in [0.25, 0.3) is 0 Å². The summed E-state index contributed by atoms with van der Waals surface area (Å²) in [6.07, 6.45) is 2.05. The Kier molecular flexibility index (Phi) is 5.11. The third kappa shape index (κ3) is 3.96. The van der Waals surface area contributed by atoms with E-state index in [2.05, 4.69) is 10.6 Å². The summed E-state index contributed by atoms with van der Waals surface area (Å²) >= 11 is 0. The van der Waals surface area contributed by atoms with Crippen LogP contribution in [-0.4, -0.2) is 32.1 Å². The van der Waals surface area contributed by atoms with E-state index in [0.29, 0.717) is 28.3 Å². The first kappa shape index (κ1) is 17.8. The minimum atomic E-state index is -0.304. The fraction of sp³-hybridized carbons (Fsp3) is 0.300. The van der Waals surface area contributed by atoms with E-state index in [9.17, 15) is 9.59 Å². The van der Waals surface area contributed by atoms with Crippen molar-refractivity contribution in [2.75, 3.05) is 19.5 Å². The molecule has 3 rings (SSSR count). The summed E-state index contributed by atoms with van der Waals surface area (Å²) in [5.41, 5.74) is 2.31. The van der Waals surface area contributed by atoms with Gasteiger partial charge in [-0.1, -0.05) is 6.07 Å². The largest absolute Gasteiger partial charge is 0.496 e. The summed E-state index contributed by atoms with van der Waals surface area (Å²) < 4.78 is 10.6. The molecular weight excluding hydrogens is 332 g/mol. The summed E-state index contributed by atoms with van der Waals surface area (Å²) in [6, 6.07) is 10.5. The monoisotopic (exact) mass is 354 g/mol. The van der Waals surface area contributed by atoms with Gasteiger partial charge in [-0.3, -0.25) is 9.59 Å². The zero-order chi connectivity index (χ0) is 18.7. The third-order valence-corrected chi connectivity index (χ3v) is 4.31. The second-order valence-electron chi connectivity index (χ2n) is 6.29. The highest BCUT2D eigenvalue weighted by molar-refractivity contribution is 6.05. The summed E-state index contributed by atoms with van der Waals surface area (Å²) in [6.45, 7) is 1.86. The van der Waals surface area contributed by atoms with Gasteiger partial charge in [-0.2, -0.15) is 0 Å². The van der Waals surface area contributed by atoms with Gasteiger partial charge >= 0.3 is 0 Å². The number of amides is 2. The van der Waals surface area contributed by atoms with E-state index >= 15 is 0 Å². The lowest BCUT2D eigenvalue weighted by atomic mass is 10.1. The number of anilines is 1. The highest BCUT2D eigenvalue weighted by Crippen LogP contribution is 2.30. The Balaban J connectivity index is 1.78. The molecule has 2 aromatic carbocycles. The minimum absolute atomic E-state index is 0.123. The van der Waals surface area contributed by atoms with Gasteiger partial charge in [0.25, 0.3) is 11.8 Å². The van der Waals surface area contributed by atoms with Gasteiger partial charge in [0.15, 0.2) is 0 Å². The van der Waals surface area contributed by atoms with Crippen molar-refractivity contribution < 1.29 is 19.1 Å². The van der Waals surface area contributed by atoms with Gasteiger partial charge in [0.1, 0.15) is 11.5 Å². The maximum atomic E-state index is 12.6. The standard InChI is InChI=1S/C20H22N2O4/c1-12-17(25-2)10-14(11-18(12)26-3)20(24)22-16-6-4-5-13(9-16)19(23)21-15-7-8-15/h4-6,9-11,15H,7-8H2,1-3H3,(H,21,23)(H,22,24). The van der Waals surface area contributed by atoms with Crippen molar-refractivity contribution in [1.29, 1.82) is 0 Å². The molecule has 6 heteroatoms. The van der Waals surface area contributed by atoms with Gasteiger partial charge in [0.2, 0.25) is 0 Å². The molecule has 0 bridgehead atoms. The van der Waals surface area contributed by atoms with Crippen LogP contribution < -0.4 is 20.1 Å². The molecule has 0 aromatic heterocycles. The number of carbonyl (C=O) groups excluding carboxylic acids is 2. The Morgan fingerprint density at radius 2 is 1.62 bits per heavy atom. The molecule has 6 nitrogen and oxygen atoms in total. The Morgan fingerprint density at radius 3 is 2.19 bits per heavy atom. The number of hydrogen-bond acceptors (Lipinski definition) is 4. The summed E-state index contributed by atoms with van der Waals surface area (Å²) in [7, 11) is 3.09. The molecule has 0 saturated heterocycles. The zero-order valence-corrected chi connectivity index (χ0v) is 15.1. The zero-order valence-electron chi connectivity index (χ0n) is 15.1. The van der Waals surface area contributed by atoms with Crippen molar-refractivity contribution in [2.24, 2.45) is 0 Å². The maximum Gasteiger partial charge on any atom is 0.255 e. The van der Waals surface area contributed by atoms with Crippen LogP contribution in [0.3, 0.4) is 0 Å². The van der Waals surface area contributed by atoms with Gasteiger partial charge in [-0.15, -0.1) is 0 Å². The van der Waals surface area contributed by atoms with Gasteiger partial charge in [0.05, 0.1) is 14.2 Å². The predicted octanol–water partition coefficient (Wildman–Crippen LogP) is 3.16. The third-order valence-electron chi connectivity index (χ3n) is 4.31. The van der Waals surface area contributed by atoms with Crippen molar-refractivity contribution in [1.82, 2.24) is 5.32 Å². The molecule has 26 heavy (non-hydrogen) atoms. The topological polar surface area (TPSA) is 76.7 Å². The molecule has 2 aromatic rings. The minimum Gasteiger partial charge on any atom is -0.496 e. The van der Waals surface area contributed by atoms with E-state index < -0.39 is 0 Å². The average Bonchev–Trinajstić information content (AvgIpc) is 3.46. The molecule has 0 atom stereocenters. The van der Waals surface area contributed by atoms with Gasteiger partial charge in [-0.05, 0) is 50.1 Å². The van der Waals surface area contributed by atoms with Crippen LogP contribution in [0.4, 0.5) is 5.69 Å². The van der Waals surface area contributed by atoms with Gasteiger partial charge in [0, 0.05) is 28.4 Å². The summed E-state index contributed by atoms with van der Waals surface area (Å²) in [5, 5.41) is 5.75. The number of hydrogen-bond donors (Lipinski definition) is 2. The van der Waals surface area contributed by atoms with Crippen LogP contribution in [0.15, 0.2) is 36.4 Å². The molecule has 2 amide bonds. The van der Waals surface area contributed by atoms with E-state index in [1.54, 1.807) is 50.6 Å². The Bertz CT molecular complexity index is 818. The van der Waals surface area contributed by atoms with Crippen molar-refractivity contribution in [2.45, 2.75) is 25.8 Å². The summed E-state index contributed by atoms with van der Waals surface area (Å²) in [5.74, 6) is 0.725. The predicted molar refractivity (Wildman–Crippen MR) is 99.2 cm³/mol. The number of methoxy groups -OCH3 is 2. The second-order valence-corrected chi connectivity index (χ2v) is 6.29. The van der Waals surface area contributed by atoms with Crippen LogP contribution in [-0.2, 0) is 0 Å². The molecule has 1 saturated carbocycles. The number of ether oxygens (including phenoxy) is 2. The van der Waals surface area contributed by atoms with Crippen molar-refractivity contribution >= 4 is 17.5 Å². The summed E-state index contributed by atoms with van der Waals surface area (Å²) in [4.78, 5) is 24.8. The fourth-order valence-electron chi connectivity index (χ4n) is 2.66. The molecule has 2 N–H and O–H groups in total. The van der Waals surface area contributed by atoms with E-state index in [0.717, 1.165) is 18.4 Å². The van der Waals surface area contributed by atoms with Gasteiger partial charge in [-0.25, -0.2) is 0 Å². The maximum absolute atomic E-state index is 12.6. The first-order valence-corrected chi connectivity index (χ1v) is 8.46. The SMILES string of the molecule is COc1cc(C(=O)Nc2cccc(C(=O)NC3CC3)c2)cc(OC)c1C. The van der Waals surface area contributed by atoms with Gasteiger partial charge < -0.3 is 20.1 Å². The smallest absolute Gasteiger partial charge is 0.255 e. The molecule has 1 aliphatic carbocycles. The van der Waals surface area contributed by atoms with E-state index in [1.165, 1.54) is 0 Å². The first-order valence-electron chi connectivity index (χ1n) is 8.46. The fourth-order valence-corrected chi connectivity index (χ4v) is 2.66. The van der Waals surface area contributed by atoms with Crippen LogP contribution in [0.2, 0.25) is 0 Å². The number of carbonyl (C=O) groups is 2. The lowest BCUT2D eigenvalue weighted by Gasteiger charge is -2.13. The molecule has 0 unspecified atom stereocenters. The molecule has 0 heterocycles. The first-order chi connectivity index (χ1) is 12.5. The van der Waals surface area contributed by atoms with E-state index in [1.807, 2.05) is 6.92 Å². The van der Waals surface area contributed by atoms with Crippen molar-refractivity contribution in [3.8, 4) is 11.5 Å².